The Kier molecular flexibility index (Phi) is 4.68. The fourth-order valence-corrected chi connectivity index (χ4v) is 1.71. The Morgan fingerprint density at radius 1 is 1.53 bits per heavy atom. The molecule has 0 aliphatic heterocycles. The van der Waals surface area contributed by atoms with Crippen LogP contribution in [-0.2, 0) is 0 Å². The maximum Gasteiger partial charge on any atom is 0.225 e. The minimum Gasteiger partial charge on any atom is -0.409 e. The monoisotopic (exact) mass is 237 g/mol. The van der Waals surface area contributed by atoms with Crippen molar-refractivity contribution in [3.8, 4) is 0 Å². The Morgan fingerprint density at radius 2 is 2.18 bits per heavy atom. The van der Waals surface area contributed by atoms with Crippen LogP contribution in [0.5, 0.6) is 0 Å². The van der Waals surface area contributed by atoms with Crippen LogP contribution in [0.2, 0.25) is 0 Å². The van der Waals surface area contributed by atoms with Crippen molar-refractivity contribution in [2.75, 3.05) is 11.9 Å². The molecule has 6 heteroatoms. The molecule has 0 aromatic carbocycles. The van der Waals surface area contributed by atoms with Crippen LogP contribution in [0.1, 0.15) is 32.4 Å². The molecule has 0 bridgehead atoms. The lowest BCUT2D eigenvalue weighted by Crippen LogP contribution is -2.32. The number of hydrogen-bond donors (Lipinski definition) is 2. The predicted molar refractivity (Wildman–Crippen MR) is 67.3 cm³/mol. The third-order valence-electron chi connectivity index (χ3n) is 2.82. The minimum absolute atomic E-state index is 0.00778. The lowest BCUT2D eigenvalue weighted by Gasteiger charge is -2.26. The Bertz CT molecular complexity index is 389. The minimum atomic E-state index is -0.00778. The normalized spacial score (nSPS) is 11.9. The molecule has 1 heterocycles. The molecule has 0 saturated carbocycles. The molecule has 0 atom stereocenters. The summed E-state index contributed by atoms with van der Waals surface area (Å²) in [4.78, 5) is 10.5. The summed E-state index contributed by atoms with van der Waals surface area (Å²) in [5.74, 6) is 0.578. The second-order valence-electron chi connectivity index (χ2n) is 3.81. The third-order valence-corrected chi connectivity index (χ3v) is 2.82. The predicted octanol–water partition coefficient (Wildman–Crippen LogP) is 1.20. The number of anilines is 1. The van der Waals surface area contributed by atoms with Gasteiger partial charge in [0.2, 0.25) is 5.95 Å². The van der Waals surface area contributed by atoms with Crippen molar-refractivity contribution in [1.29, 1.82) is 0 Å². The molecule has 0 amide bonds. The molecule has 0 saturated heterocycles. The Balaban J connectivity index is 2.99. The molecule has 0 spiro atoms. The molecule has 0 aliphatic rings. The highest BCUT2D eigenvalue weighted by Crippen LogP contribution is 2.13. The van der Waals surface area contributed by atoms with Gasteiger partial charge in [0, 0.05) is 19.3 Å². The zero-order chi connectivity index (χ0) is 12.8. The molecule has 17 heavy (non-hydrogen) atoms. The first kappa shape index (κ1) is 13.2. The summed E-state index contributed by atoms with van der Waals surface area (Å²) in [5, 5.41) is 11.5. The number of oxime groups is 1. The summed E-state index contributed by atoms with van der Waals surface area (Å²) in [6.07, 6.45) is 3.64. The summed E-state index contributed by atoms with van der Waals surface area (Å²) in [6.45, 7) is 4.25. The standard InChI is InChI=1S/C11H19N5O/c1-4-8(5-2)16(3)11-13-7-6-9(14-11)10(12)15-17/h6-8,17H,4-5H2,1-3H3,(H2,12,15). The first-order valence-corrected chi connectivity index (χ1v) is 5.67. The molecule has 1 aromatic rings. The van der Waals surface area contributed by atoms with Gasteiger partial charge in [-0.1, -0.05) is 19.0 Å². The number of nitrogens with two attached hydrogens (primary N) is 1. The maximum absolute atomic E-state index is 8.61. The summed E-state index contributed by atoms with van der Waals surface area (Å²) in [7, 11) is 1.95. The number of rotatable bonds is 5. The van der Waals surface area contributed by atoms with Gasteiger partial charge >= 0.3 is 0 Å². The molecule has 0 unspecified atom stereocenters. The van der Waals surface area contributed by atoms with E-state index in [4.69, 9.17) is 10.9 Å². The molecule has 0 radical (unpaired) electrons. The SMILES string of the molecule is CCC(CC)N(C)c1nccc(/C(N)=N/O)n1. The van der Waals surface area contributed by atoms with Crippen molar-refractivity contribution in [3.63, 3.8) is 0 Å². The van der Waals surface area contributed by atoms with Crippen LogP contribution in [-0.4, -0.2) is 34.1 Å². The van der Waals surface area contributed by atoms with Gasteiger partial charge in [-0.05, 0) is 18.9 Å². The van der Waals surface area contributed by atoms with Crippen LogP contribution in [0.3, 0.4) is 0 Å². The molecule has 1 aromatic heterocycles. The van der Waals surface area contributed by atoms with E-state index < -0.39 is 0 Å². The van der Waals surface area contributed by atoms with Crippen LogP contribution in [0.4, 0.5) is 5.95 Å². The van der Waals surface area contributed by atoms with Gasteiger partial charge in [-0.2, -0.15) is 0 Å². The van der Waals surface area contributed by atoms with Crippen LogP contribution in [0, 0.1) is 0 Å². The fourth-order valence-electron chi connectivity index (χ4n) is 1.71. The van der Waals surface area contributed by atoms with E-state index in [0.29, 0.717) is 17.7 Å². The van der Waals surface area contributed by atoms with E-state index >= 15 is 0 Å². The van der Waals surface area contributed by atoms with E-state index in [2.05, 4.69) is 29.0 Å². The van der Waals surface area contributed by atoms with Crippen molar-refractivity contribution in [1.82, 2.24) is 9.97 Å². The van der Waals surface area contributed by atoms with Gasteiger partial charge in [0.15, 0.2) is 5.84 Å². The van der Waals surface area contributed by atoms with E-state index in [0.717, 1.165) is 12.8 Å². The number of aromatic nitrogens is 2. The Morgan fingerprint density at radius 3 is 2.71 bits per heavy atom. The quantitative estimate of drug-likeness (QED) is 0.347. The van der Waals surface area contributed by atoms with Crippen LogP contribution in [0.25, 0.3) is 0 Å². The van der Waals surface area contributed by atoms with Gasteiger partial charge in [0.05, 0.1) is 0 Å². The lowest BCUT2D eigenvalue weighted by atomic mass is 10.1. The summed E-state index contributed by atoms with van der Waals surface area (Å²) in [5.41, 5.74) is 5.92. The largest absolute Gasteiger partial charge is 0.409 e. The molecule has 0 aliphatic carbocycles. The van der Waals surface area contributed by atoms with E-state index in [9.17, 15) is 0 Å². The number of amidine groups is 1. The number of nitrogens with zero attached hydrogens (tertiary/aromatic N) is 4. The summed E-state index contributed by atoms with van der Waals surface area (Å²) in [6, 6.07) is 2.00. The fraction of sp³-hybridized carbons (Fsp3) is 0.545. The second kappa shape index (κ2) is 6.03. The zero-order valence-corrected chi connectivity index (χ0v) is 10.5. The van der Waals surface area contributed by atoms with Gasteiger partial charge in [-0.15, -0.1) is 0 Å². The van der Waals surface area contributed by atoms with Crippen molar-refractivity contribution < 1.29 is 5.21 Å². The molecule has 1 rings (SSSR count). The van der Waals surface area contributed by atoms with Crippen molar-refractivity contribution >= 4 is 11.8 Å². The van der Waals surface area contributed by atoms with Gasteiger partial charge in [-0.25, -0.2) is 9.97 Å². The molecular formula is C11H19N5O. The Hall–Kier alpha value is -1.85. The van der Waals surface area contributed by atoms with Crippen LogP contribution >= 0.6 is 0 Å². The zero-order valence-electron chi connectivity index (χ0n) is 10.5. The molecule has 3 N–H and O–H groups in total. The van der Waals surface area contributed by atoms with E-state index in [1.54, 1.807) is 12.3 Å². The van der Waals surface area contributed by atoms with E-state index in [1.807, 2.05) is 11.9 Å². The highest BCUT2D eigenvalue weighted by atomic mass is 16.4. The van der Waals surface area contributed by atoms with Gasteiger partial charge in [0.25, 0.3) is 0 Å². The molecule has 6 nitrogen and oxygen atoms in total. The molecule has 94 valence electrons. The second-order valence-corrected chi connectivity index (χ2v) is 3.81. The topological polar surface area (TPSA) is 87.6 Å². The van der Waals surface area contributed by atoms with E-state index in [1.165, 1.54) is 0 Å². The third kappa shape index (κ3) is 3.05. The average Bonchev–Trinajstić information content (AvgIpc) is 2.39. The first-order chi connectivity index (χ1) is 8.13. The van der Waals surface area contributed by atoms with Gasteiger partial charge in [0.1, 0.15) is 5.69 Å². The Labute approximate surface area is 101 Å². The van der Waals surface area contributed by atoms with Crippen LogP contribution < -0.4 is 10.6 Å². The van der Waals surface area contributed by atoms with Crippen molar-refractivity contribution in [3.05, 3.63) is 18.0 Å². The average molecular weight is 237 g/mol. The van der Waals surface area contributed by atoms with E-state index in [-0.39, 0.29) is 5.84 Å². The summed E-state index contributed by atoms with van der Waals surface area (Å²) >= 11 is 0. The van der Waals surface area contributed by atoms with Crippen molar-refractivity contribution in [2.45, 2.75) is 32.7 Å². The van der Waals surface area contributed by atoms with Crippen molar-refractivity contribution in [2.24, 2.45) is 10.9 Å². The molecule has 0 fully saturated rings. The van der Waals surface area contributed by atoms with Gasteiger partial charge < -0.3 is 15.8 Å². The summed E-state index contributed by atoms with van der Waals surface area (Å²) < 4.78 is 0. The number of hydrogen-bond acceptors (Lipinski definition) is 5. The van der Waals surface area contributed by atoms with Crippen LogP contribution in [0.15, 0.2) is 17.4 Å². The molecular weight excluding hydrogens is 218 g/mol. The highest BCUT2D eigenvalue weighted by molar-refractivity contribution is 5.95. The maximum atomic E-state index is 8.61. The smallest absolute Gasteiger partial charge is 0.225 e. The lowest BCUT2D eigenvalue weighted by molar-refractivity contribution is 0.318. The van der Waals surface area contributed by atoms with Gasteiger partial charge in [-0.3, -0.25) is 0 Å². The first-order valence-electron chi connectivity index (χ1n) is 5.67. The highest BCUT2D eigenvalue weighted by Gasteiger charge is 2.14.